The van der Waals surface area contributed by atoms with E-state index in [9.17, 15) is 19.5 Å². The van der Waals surface area contributed by atoms with Gasteiger partial charge in [-0.3, -0.25) is 14.4 Å². The van der Waals surface area contributed by atoms with Crippen molar-refractivity contribution in [2.24, 2.45) is 11.8 Å². The third kappa shape index (κ3) is 12.1. The topological polar surface area (TPSA) is 105 Å². The minimum Gasteiger partial charge on any atom is -0.489 e. The standard InChI is InChI=1S/C41H50N2O6/c1-3-5-18-35(25-31-14-8-6-9-15-31)41(47)49-30-37-19-12-24-43(37)40(46)34(13-4-2)27-39(45)42-36(28-44)26-32-20-22-38(23-21-32)48-29-33-16-10-7-11-17-33/h3-4,6-11,14-17,20-23,34-37,44H,1-2,5,12-13,18-19,24-30H2,(H,42,45)/t34-,35+,36-,37-/m0/s1. The van der Waals surface area contributed by atoms with Crippen LogP contribution in [0.3, 0.4) is 0 Å². The summed E-state index contributed by atoms with van der Waals surface area (Å²) in [7, 11) is 0. The number of carbonyl (C=O) groups is 3. The predicted molar refractivity (Wildman–Crippen MR) is 192 cm³/mol. The van der Waals surface area contributed by atoms with Crippen molar-refractivity contribution in [3.8, 4) is 5.75 Å². The molecule has 3 aromatic carbocycles. The van der Waals surface area contributed by atoms with Gasteiger partial charge in [0.2, 0.25) is 11.8 Å². The highest BCUT2D eigenvalue weighted by Gasteiger charge is 2.35. The molecule has 8 nitrogen and oxygen atoms in total. The predicted octanol–water partition coefficient (Wildman–Crippen LogP) is 6.23. The molecule has 1 fully saturated rings. The highest BCUT2D eigenvalue weighted by atomic mass is 16.5. The Bertz CT molecular complexity index is 1480. The molecule has 0 spiro atoms. The second kappa shape index (κ2) is 20.0. The van der Waals surface area contributed by atoms with Crippen LogP contribution in [0, 0.1) is 11.8 Å². The van der Waals surface area contributed by atoms with E-state index in [1.165, 1.54) is 0 Å². The minimum atomic E-state index is -0.604. The van der Waals surface area contributed by atoms with Gasteiger partial charge < -0.3 is 24.8 Å². The van der Waals surface area contributed by atoms with Gasteiger partial charge in [-0.05, 0) is 73.8 Å². The van der Waals surface area contributed by atoms with Crippen LogP contribution in [0.5, 0.6) is 5.75 Å². The molecular formula is C41H50N2O6. The van der Waals surface area contributed by atoms with Crippen molar-refractivity contribution < 1.29 is 29.0 Å². The average molecular weight is 667 g/mol. The molecule has 0 saturated carbocycles. The lowest BCUT2D eigenvalue weighted by atomic mass is 9.95. The number of aliphatic hydroxyl groups is 1. The number of nitrogens with zero attached hydrogens (tertiary/aromatic N) is 1. The van der Waals surface area contributed by atoms with Gasteiger partial charge >= 0.3 is 5.97 Å². The highest BCUT2D eigenvalue weighted by molar-refractivity contribution is 5.86. The van der Waals surface area contributed by atoms with Crippen LogP contribution in [-0.2, 0) is 38.6 Å². The molecule has 49 heavy (non-hydrogen) atoms. The molecule has 8 heteroatoms. The van der Waals surface area contributed by atoms with E-state index in [1.807, 2.05) is 91.0 Å². The molecule has 1 aliphatic heterocycles. The maximum absolute atomic E-state index is 13.7. The monoisotopic (exact) mass is 666 g/mol. The number of hydrogen-bond donors (Lipinski definition) is 2. The number of nitrogens with one attached hydrogen (secondary N) is 1. The van der Waals surface area contributed by atoms with Crippen LogP contribution in [0.4, 0.5) is 0 Å². The number of ether oxygens (including phenoxy) is 2. The van der Waals surface area contributed by atoms with Crippen molar-refractivity contribution in [3.63, 3.8) is 0 Å². The van der Waals surface area contributed by atoms with Crippen LogP contribution in [0.2, 0.25) is 0 Å². The van der Waals surface area contributed by atoms with Crippen LogP contribution >= 0.6 is 0 Å². The fraction of sp³-hybridized carbons (Fsp3) is 0.390. The number of carbonyl (C=O) groups excluding carboxylic acids is 3. The smallest absolute Gasteiger partial charge is 0.309 e. The van der Waals surface area contributed by atoms with Gasteiger partial charge in [0, 0.05) is 13.0 Å². The Balaban J connectivity index is 1.28. The van der Waals surface area contributed by atoms with Gasteiger partial charge in [-0.2, -0.15) is 0 Å². The quantitative estimate of drug-likeness (QED) is 0.110. The Labute approximate surface area is 290 Å². The average Bonchev–Trinajstić information content (AvgIpc) is 3.61. The zero-order valence-electron chi connectivity index (χ0n) is 28.4. The number of esters is 1. The zero-order chi connectivity index (χ0) is 34.8. The second-order valence-corrected chi connectivity index (χ2v) is 12.7. The molecule has 0 bridgehead atoms. The van der Waals surface area contributed by atoms with Crippen LogP contribution in [0.15, 0.2) is 110 Å². The summed E-state index contributed by atoms with van der Waals surface area (Å²) >= 11 is 0. The lowest BCUT2D eigenvalue weighted by Crippen LogP contribution is -2.45. The maximum Gasteiger partial charge on any atom is 0.309 e. The summed E-state index contributed by atoms with van der Waals surface area (Å²) in [5.74, 6) is -0.891. The first kappa shape index (κ1) is 37.1. The normalized spacial score (nSPS) is 15.9. The number of allylic oxidation sites excluding steroid dienone is 2. The third-order valence-electron chi connectivity index (χ3n) is 8.93. The van der Waals surface area contributed by atoms with Gasteiger partial charge in [-0.25, -0.2) is 0 Å². The van der Waals surface area contributed by atoms with Gasteiger partial charge in [0.15, 0.2) is 0 Å². The fourth-order valence-electron chi connectivity index (χ4n) is 6.24. The molecule has 0 aromatic heterocycles. The molecule has 1 saturated heterocycles. The van der Waals surface area contributed by atoms with Crippen molar-refractivity contribution in [1.82, 2.24) is 10.2 Å². The molecule has 260 valence electrons. The van der Waals surface area contributed by atoms with Crippen molar-refractivity contribution in [2.45, 2.75) is 70.1 Å². The summed E-state index contributed by atoms with van der Waals surface area (Å²) < 4.78 is 11.7. The molecule has 2 amide bonds. The lowest BCUT2D eigenvalue weighted by molar-refractivity contribution is -0.152. The molecule has 0 unspecified atom stereocenters. The van der Waals surface area contributed by atoms with Crippen molar-refractivity contribution in [1.29, 1.82) is 0 Å². The summed E-state index contributed by atoms with van der Waals surface area (Å²) in [6.07, 6.45) is 7.66. The summed E-state index contributed by atoms with van der Waals surface area (Å²) in [6.45, 7) is 8.51. The Kier molecular flexibility index (Phi) is 15.1. The second-order valence-electron chi connectivity index (χ2n) is 12.7. The van der Waals surface area contributed by atoms with E-state index in [1.54, 1.807) is 11.0 Å². The van der Waals surface area contributed by atoms with E-state index in [2.05, 4.69) is 18.5 Å². The van der Waals surface area contributed by atoms with Crippen molar-refractivity contribution >= 4 is 17.8 Å². The van der Waals surface area contributed by atoms with Crippen LogP contribution in [0.1, 0.15) is 55.2 Å². The fourth-order valence-corrected chi connectivity index (χ4v) is 6.24. The number of hydrogen-bond acceptors (Lipinski definition) is 6. The van der Waals surface area contributed by atoms with Crippen molar-refractivity contribution in [3.05, 3.63) is 127 Å². The highest BCUT2D eigenvalue weighted by Crippen LogP contribution is 2.25. The molecule has 0 radical (unpaired) electrons. The van der Waals surface area contributed by atoms with Gasteiger partial charge in [0.1, 0.15) is 19.0 Å². The zero-order valence-corrected chi connectivity index (χ0v) is 28.4. The SMILES string of the molecule is C=CCC[C@H](Cc1ccccc1)C(=O)OC[C@@H]1CCCN1C(=O)[C@@H](CC=C)CC(=O)N[C@H](CO)Cc1ccc(OCc2ccccc2)cc1. The van der Waals surface area contributed by atoms with Crippen LogP contribution < -0.4 is 10.1 Å². The van der Waals surface area contributed by atoms with E-state index in [0.29, 0.717) is 45.3 Å². The summed E-state index contributed by atoms with van der Waals surface area (Å²) in [5, 5.41) is 13.0. The first-order valence-electron chi connectivity index (χ1n) is 17.3. The minimum absolute atomic E-state index is 0.0304. The third-order valence-corrected chi connectivity index (χ3v) is 8.93. The molecule has 1 aliphatic rings. The van der Waals surface area contributed by atoms with Gasteiger partial charge in [0.05, 0.1) is 30.5 Å². The molecule has 3 aromatic rings. The van der Waals surface area contributed by atoms with E-state index >= 15 is 0 Å². The number of amides is 2. The molecule has 0 aliphatic carbocycles. The van der Waals surface area contributed by atoms with Gasteiger partial charge in [-0.1, -0.05) is 84.9 Å². The lowest BCUT2D eigenvalue weighted by Gasteiger charge is -2.29. The molecule has 4 rings (SSSR count). The van der Waals surface area contributed by atoms with E-state index < -0.39 is 12.0 Å². The largest absolute Gasteiger partial charge is 0.489 e. The van der Waals surface area contributed by atoms with Gasteiger partial charge in [-0.15, -0.1) is 13.2 Å². The number of aliphatic hydroxyl groups excluding tert-OH is 1. The van der Waals surface area contributed by atoms with Crippen LogP contribution in [-0.4, -0.2) is 59.6 Å². The molecule has 1 heterocycles. The van der Waals surface area contributed by atoms with E-state index in [4.69, 9.17) is 9.47 Å². The Morgan fingerprint density at radius 3 is 2.20 bits per heavy atom. The first-order chi connectivity index (χ1) is 23.9. The number of benzene rings is 3. The number of rotatable bonds is 20. The van der Waals surface area contributed by atoms with E-state index in [0.717, 1.165) is 35.3 Å². The van der Waals surface area contributed by atoms with Crippen molar-refractivity contribution in [2.75, 3.05) is 19.8 Å². The van der Waals surface area contributed by atoms with Gasteiger partial charge in [0.25, 0.3) is 0 Å². The van der Waals surface area contributed by atoms with Crippen LogP contribution in [0.25, 0.3) is 0 Å². The Morgan fingerprint density at radius 2 is 1.55 bits per heavy atom. The number of likely N-dealkylation sites (tertiary alicyclic amines) is 1. The molecule has 4 atom stereocenters. The first-order valence-corrected chi connectivity index (χ1v) is 17.3. The Morgan fingerprint density at radius 1 is 0.878 bits per heavy atom. The summed E-state index contributed by atoms with van der Waals surface area (Å²) in [6, 6.07) is 26.6. The summed E-state index contributed by atoms with van der Waals surface area (Å²) in [5.41, 5.74) is 3.09. The summed E-state index contributed by atoms with van der Waals surface area (Å²) in [4.78, 5) is 41.9. The molecular weight excluding hydrogens is 616 g/mol. The van der Waals surface area contributed by atoms with E-state index in [-0.39, 0.29) is 49.4 Å². The maximum atomic E-state index is 13.7. The molecule has 2 N–H and O–H groups in total. The Hall–Kier alpha value is -4.69.